The number of aromatic nitrogens is 2. The Morgan fingerprint density at radius 1 is 1.17 bits per heavy atom. The number of benzene rings is 1. The Labute approximate surface area is 133 Å². The number of aromatic amines is 1. The van der Waals surface area contributed by atoms with Crippen LogP contribution in [0.25, 0.3) is 11.3 Å². The molecule has 1 aromatic heterocycles. The Balaban J connectivity index is 1.83. The number of H-pyrrole nitrogens is 1. The average Bonchev–Trinajstić information content (AvgIpc) is 2.56. The quantitative estimate of drug-likeness (QED) is 0.914. The van der Waals surface area contributed by atoms with Gasteiger partial charge in [-0.15, -0.1) is 0 Å². The van der Waals surface area contributed by atoms with E-state index in [2.05, 4.69) is 15.3 Å². The molecule has 3 rings (SSSR count). The van der Waals surface area contributed by atoms with Crippen molar-refractivity contribution in [2.75, 3.05) is 0 Å². The smallest absolute Gasteiger partial charge is 0.346 e. The second kappa shape index (κ2) is 6.73. The van der Waals surface area contributed by atoms with Gasteiger partial charge in [0.2, 0.25) is 0 Å². The Morgan fingerprint density at radius 2 is 1.87 bits per heavy atom. The molecule has 5 nitrogen and oxygen atoms in total. The first-order valence-electron chi connectivity index (χ1n) is 7.80. The molecular weight excluding hydrogens is 297 g/mol. The monoisotopic (exact) mass is 315 g/mol. The van der Waals surface area contributed by atoms with Crippen LogP contribution in [-0.4, -0.2) is 21.9 Å². The molecule has 6 heteroatoms. The molecular formula is C17H18FN3O2. The molecule has 0 radical (unpaired) electrons. The number of nitrogens with one attached hydrogen (secondary N) is 2. The molecule has 1 aliphatic rings. The van der Waals surface area contributed by atoms with Crippen LogP contribution in [-0.2, 0) is 0 Å². The number of amides is 1. The van der Waals surface area contributed by atoms with Crippen LogP contribution >= 0.6 is 0 Å². The van der Waals surface area contributed by atoms with E-state index in [1.807, 2.05) is 0 Å². The van der Waals surface area contributed by atoms with Gasteiger partial charge in [0.05, 0.1) is 5.69 Å². The standard InChI is InChI=1S/C17H18FN3O2/c18-12-8-6-11(7-9-12)14-10-15(21-17(23)20-14)16(22)19-13-4-2-1-3-5-13/h6-10,13H,1-5H2,(H,19,22)(H,20,21,23). The van der Waals surface area contributed by atoms with E-state index in [0.29, 0.717) is 11.3 Å². The first-order chi connectivity index (χ1) is 11.1. The Bertz CT molecular complexity index is 749. The molecule has 1 fully saturated rings. The minimum Gasteiger partial charge on any atom is -0.348 e. The topological polar surface area (TPSA) is 74.8 Å². The lowest BCUT2D eigenvalue weighted by atomic mass is 9.95. The maximum absolute atomic E-state index is 13.0. The van der Waals surface area contributed by atoms with E-state index < -0.39 is 5.69 Å². The van der Waals surface area contributed by atoms with E-state index in [1.54, 1.807) is 0 Å². The summed E-state index contributed by atoms with van der Waals surface area (Å²) >= 11 is 0. The summed E-state index contributed by atoms with van der Waals surface area (Å²) in [5.74, 6) is -0.673. The first kappa shape index (κ1) is 15.4. The van der Waals surface area contributed by atoms with Gasteiger partial charge < -0.3 is 10.3 Å². The van der Waals surface area contributed by atoms with Gasteiger partial charge in [0.1, 0.15) is 11.5 Å². The van der Waals surface area contributed by atoms with Crippen molar-refractivity contribution in [2.45, 2.75) is 38.1 Å². The Hall–Kier alpha value is -2.50. The summed E-state index contributed by atoms with van der Waals surface area (Å²) in [4.78, 5) is 30.4. The van der Waals surface area contributed by atoms with Gasteiger partial charge in [-0.3, -0.25) is 4.79 Å². The molecule has 1 aliphatic carbocycles. The molecule has 0 unspecified atom stereocenters. The Morgan fingerprint density at radius 3 is 2.57 bits per heavy atom. The van der Waals surface area contributed by atoms with Gasteiger partial charge in [-0.05, 0) is 43.2 Å². The van der Waals surface area contributed by atoms with E-state index in [4.69, 9.17) is 0 Å². The molecule has 23 heavy (non-hydrogen) atoms. The highest BCUT2D eigenvalue weighted by Gasteiger charge is 2.18. The Kier molecular flexibility index (Phi) is 4.50. The summed E-state index contributed by atoms with van der Waals surface area (Å²) in [6, 6.07) is 7.31. The summed E-state index contributed by atoms with van der Waals surface area (Å²) in [7, 11) is 0. The molecule has 0 saturated heterocycles. The van der Waals surface area contributed by atoms with Gasteiger partial charge in [-0.25, -0.2) is 9.18 Å². The van der Waals surface area contributed by atoms with Crippen LogP contribution in [0, 0.1) is 5.82 Å². The molecule has 1 amide bonds. The number of carbonyl (C=O) groups is 1. The van der Waals surface area contributed by atoms with Gasteiger partial charge >= 0.3 is 5.69 Å². The number of rotatable bonds is 3. The summed E-state index contributed by atoms with van der Waals surface area (Å²) in [5, 5.41) is 2.95. The normalized spacial score (nSPS) is 15.3. The minimum absolute atomic E-state index is 0.155. The van der Waals surface area contributed by atoms with Crippen molar-refractivity contribution in [3.63, 3.8) is 0 Å². The molecule has 1 heterocycles. The average molecular weight is 315 g/mol. The van der Waals surface area contributed by atoms with Crippen molar-refractivity contribution in [1.82, 2.24) is 15.3 Å². The third-order valence-corrected chi connectivity index (χ3v) is 4.07. The zero-order chi connectivity index (χ0) is 16.2. The zero-order valence-electron chi connectivity index (χ0n) is 12.6. The molecule has 2 N–H and O–H groups in total. The van der Waals surface area contributed by atoms with Crippen molar-refractivity contribution in [3.8, 4) is 11.3 Å². The molecule has 0 bridgehead atoms. The number of hydrogen-bond donors (Lipinski definition) is 2. The number of carbonyl (C=O) groups excluding carboxylic acids is 1. The molecule has 120 valence electrons. The highest BCUT2D eigenvalue weighted by atomic mass is 19.1. The van der Waals surface area contributed by atoms with Crippen LogP contribution in [0.1, 0.15) is 42.6 Å². The molecule has 2 aromatic rings. The minimum atomic E-state index is -0.597. The summed E-state index contributed by atoms with van der Waals surface area (Å²) in [6.45, 7) is 0. The van der Waals surface area contributed by atoms with Crippen molar-refractivity contribution >= 4 is 5.91 Å². The molecule has 0 aliphatic heterocycles. The maximum atomic E-state index is 13.0. The summed E-state index contributed by atoms with van der Waals surface area (Å²) in [6.07, 6.45) is 5.35. The van der Waals surface area contributed by atoms with Crippen LogP contribution < -0.4 is 11.0 Å². The second-order valence-electron chi connectivity index (χ2n) is 5.80. The second-order valence-corrected chi connectivity index (χ2v) is 5.80. The van der Waals surface area contributed by atoms with Crippen LogP contribution in [0.2, 0.25) is 0 Å². The molecule has 0 spiro atoms. The van der Waals surface area contributed by atoms with E-state index in [9.17, 15) is 14.0 Å². The van der Waals surface area contributed by atoms with Crippen LogP contribution in [0.3, 0.4) is 0 Å². The third kappa shape index (κ3) is 3.83. The van der Waals surface area contributed by atoms with Crippen molar-refractivity contribution < 1.29 is 9.18 Å². The van der Waals surface area contributed by atoms with Gasteiger partial charge in [0.25, 0.3) is 5.91 Å². The predicted molar refractivity (Wildman–Crippen MR) is 84.6 cm³/mol. The molecule has 0 atom stereocenters. The van der Waals surface area contributed by atoms with Crippen LogP contribution in [0.5, 0.6) is 0 Å². The maximum Gasteiger partial charge on any atom is 0.346 e. The number of nitrogens with zero attached hydrogens (tertiary/aromatic N) is 1. The van der Waals surface area contributed by atoms with Gasteiger partial charge in [-0.1, -0.05) is 19.3 Å². The molecule has 1 aromatic carbocycles. The van der Waals surface area contributed by atoms with Crippen molar-refractivity contribution in [2.24, 2.45) is 0 Å². The van der Waals surface area contributed by atoms with E-state index in [0.717, 1.165) is 25.7 Å². The molecule has 1 saturated carbocycles. The van der Waals surface area contributed by atoms with Gasteiger partial charge in [0, 0.05) is 11.6 Å². The fourth-order valence-electron chi connectivity index (χ4n) is 2.86. The summed E-state index contributed by atoms with van der Waals surface area (Å²) < 4.78 is 13.0. The predicted octanol–water partition coefficient (Wildman–Crippen LogP) is 2.64. The van der Waals surface area contributed by atoms with Crippen molar-refractivity contribution in [1.29, 1.82) is 0 Å². The van der Waals surface area contributed by atoms with Gasteiger partial charge in [0.15, 0.2) is 0 Å². The van der Waals surface area contributed by atoms with E-state index >= 15 is 0 Å². The van der Waals surface area contributed by atoms with Crippen molar-refractivity contribution in [3.05, 3.63) is 52.3 Å². The first-order valence-corrected chi connectivity index (χ1v) is 7.80. The lowest BCUT2D eigenvalue weighted by Gasteiger charge is -2.22. The highest BCUT2D eigenvalue weighted by molar-refractivity contribution is 5.93. The highest BCUT2D eigenvalue weighted by Crippen LogP contribution is 2.19. The summed E-state index contributed by atoms with van der Waals surface area (Å²) in [5.41, 5.74) is 0.516. The fraction of sp³-hybridized carbons (Fsp3) is 0.353. The lowest BCUT2D eigenvalue weighted by Crippen LogP contribution is -2.37. The third-order valence-electron chi connectivity index (χ3n) is 4.07. The SMILES string of the molecule is O=C(NC1CCCCC1)c1cc(-c2ccc(F)cc2)nc(=O)[nH]1. The van der Waals surface area contributed by atoms with Crippen LogP contribution in [0.15, 0.2) is 35.1 Å². The van der Waals surface area contributed by atoms with Gasteiger partial charge in [-0.2, -0.15) is 4.98 Å². The zero-order valence-corrected chi connectivity index (χ0v) is 12.6. The van der Waals surface area contributed by atoms with Crippen LogP contribution in [0.4, 0.5) is 4.39 Å². The number of halogens is 1. The fourth-order valence-corrected chi connectivity index (χ4v) is 2.86. The largest absolute Gasteiger partial charge is 0.348 e. The lowest BCUT2D eigenvalue weighted by molar-refractivity contribution is 0.0922. The number of hydrogen-bond acceptors (Lipinski definition) is 3. The van der Waals surface area contributed by atoms with E-state index in [-0.39, 0.29) is 23.5 Å². The van der Waals surface area contributed by atoms with E-state index in [1.165, 1.54) is 36.8 Å².